The largest absolute Gasteiger partial charge is 0.251 e. The monoisotopic (exact) mass is 200 g/mol. The molecule has 0 aromatic heterocycles. The van der Waals surface area contributed by atoms with Crippen LogP contribution in [-0.2, 0) is 6.42 Å². The highest BCUT2D eigenvalue weighted by atomic mass is 19.1. The highest BCUT2D eigenvalue weighted by Crippen LogP contribution is 2.13. The molecule has 0 saturated heterocycles. The summed E-state index contributed by atoms with van der Waals surface area (Å²) in [5.41, 5.74) is 1.57. The molecule has 0 bridgehead atoms. The zero-order valence-electron chi connectivity index (χ0n) is 8.07. The molecule has 0 spiro atoms. The number of rotatable bonds is 3. The number of allylic oxidation sites excluding steroid dienone is 1. The predicted molar refractivity (Wildman–Crippen MR) is 55.3 cm³/mol. The van der Waals surface area contributed by atoms with Crippen molar-refractivity contribution >= 4 is 6.08 Å². The van der Waals surface area contributed by atoms with Gasteiger partial charge in [0.15, 0.2) is 0 Å². The van der Waals surface area contributed by atoms with Gasteiger partial charge in [-0.15, -0.1) is 0 Å². The van der Waals surface area contributed by atoms with E-state index in [1.54, 1.807) is 36.4 Å². The van der Waals surface area contributed by atoms with Crippen LogP contribution in [0.3, 0.4) is 0 Å². The molecule has 1 rings (SSSR count). The van der Waals surface area contributed by atoms with E-state index in [1.807, 2.05) is 0 Å². The van der Waals surface area contributed by atoms with E-state index in [4.69, 9.17) is 10.5 Å². The second-order valence-electron chi connectivity index (χ2n) is 2.92. The van der Waals surface area contributed by atoms with Crippen molar-refractivity contribution < 1.29 is 4.39 Å². The van der Waals surface area contributed by atoms with Crippen molar-refractivity contribution in [1.29, 1.82) is 10.5 Å². The van der Waals surface area contributed by atoms with Crippen molar-refractivity contribution in [2.24, 2.45) is 0 Å². The zero-order valence-corrected chi connectivity index (χ0v) is 8.07. The highest BCUT2D eigenvalue weighted by Gasteiger charge is 2.00. The third-order valence-corrected chi connectivity index (χ3v) is 1.96. The van der Waals surface area contributed by atoms with Gasteiger partial charge in [0.05, 0.1) is 6.67 Å². The zero-order chi connectivity index (χ0) is 11.1. The van der Waals surface area contributed by atoms with Crippen LogP contribution in [0.15, 0.2) is 29.8 Å². The Morgan fingerprint density at radius 3 is 2.53 bits per heavy atom. The molecule has 0 aliphatic carbocycles. The molecule has 3 heteroatoms. The minimum atomic E-state index is -0.445. The van der Waals surface area contributed by atoms with E-state index < -0.39 is 6.67 Å². The molecule has 0 aliphatic heterocycles. The van der Waals surface area contributed by atoms with Gasteiger partial charge in [-0.3, -0.25) is 4.39 Å². The number of nitrogens with zero attached hydrogens (tertiary/aromatic N) is 2. The van der Waals surface area contributed by atoms with Gasteiger partial charge < -0.3 is 0 Å². The second kappa shape index (κ2) is 5.57. The smallest absolute Gasteiger partial charge is 0.130 e. The maximum atomic E-state index is 12.2. The Bertz CT molecular complexity index is 433. The van der Waals surface area contributed by atoms with E-state index in [1.165, 1.54) is 6.08 Å². The molecule has 1 aromatic rings. The number of nitriles is 2. The van der Waals surface area contributed by atoms with E-state index in [2.05, 4.69) is 0 Å². The summed E-state index contributed by atoms with van der Waals surface area (Å²) in [6, 6.07) is 10.7. The molecule has 0 N–H and O–H groups in total. The molecule has 74 valence electrons. The van der Waals surface area contributed by atoms with Crippen LogP contribution in [0.25, 0.3) is 6.08 Å². The maximum Gasteiger partial charge on any atom is 0.130 e. The molecule has 0 saturated carbocycles. The first-order valence-corrected chi connectivity index (χ1v) is 4.47. The lowest BCUT2D eigenvalue weighted by molar-refractivity contribution is 0.495. The van der Waals surface area contributed by atoms with Crippen LogP contribution in [0.2, 0.25) is 0 Å². The van der Waals surface area contributed by atoms with Crippen molar-refractivity contribution in [2.45, 2.75) is 6.42 Å². The quantitative estimate of drug-likeness (QED) is 0.704. The summed E-state index contributed by atoms with van der Waals surface area (Å²) < 4.78 is 12.2. The standard InChI is InChI=1S/C12H9FN2/c13-6-5-11-3-1-2-4-12(11)7-10(8-14)9-15/h1-4,7H,5-6H2. The van der Waals surface area contributed by atoms with Crippen LogP contribution in [-0.4, -0.2) is 6.67 Å². The molecule has 15 heavy (non-hydrogen) atoms. The number of alkyl halides is 1. The summed E-state index contributed by atoms with van der Waals surface area (Å²) >= 11 is 0. The molecule has 1 aromatic carbocycles. The van der Waals surface area contributed by atoms with Crippen LogP contribution in [0.4, 0.5) is 4.39 Å². The van der Waals surface area contributed by atoms with Gasteiger partial charge >= 0.3 is 0 Å². The SMILES string of the molecule is N#CC(C#N)=Cc1ccccc1CCF. The number of hydrogen-bond acceptors (Lipinski definition) is 2. The molecule has 0 heterocycles. The molecule has 0 fully saturated rings. The average molecular weight is 200 g/mol. The Labute approximate surface area is 87.9 Å². The fourth-order valence-corrected chi connectivity index (χ4v) is 1.25. The molecule has 2 nitrogen and oxygen atoms in total. The number of benzene rings is 1. The van der Waals surface area contributed by atoms with E-state index in [0.717, 1.165) is 11.1 Å². The molecule has 0 radical (unpaired) electrons. The summed E-state index contributed by atoms with van der Waals surface area (Å²) in [6.45, 7) is -0.445. The topological polar surface area (TPSA) is 47.6 Å². The van der Waals surface area contributed by atoms with Gasteiger partial charge in [0.2, 0.25) is 0 Å². The van der Waals surface area contributed by atoms with Crippen molar-refractivity contribution in [1.82, 2.24) is 0 Å². The minimum absolute atomic E-state index is 0.0290. The molecular weight excluding hydrogens is 191 g/mol. The minimum Gasteiger partial charge on any atom is -0.251 e. The number of aryl methyl sites for hydroxylation is 1. The van der Waals surface area contributed by atoms with Gasteiger partial charge in [0.1, 0.15) is 17.7 Å². The van der Waals surface area contributed by atoms with E-state index in [-0.39, 0.29) is 5.57 Å². The van der Waals surface area contributed by atoms with E-state index in [0.29, 0.717) is 6.42 Å². The first kappa shape index (κ1) is 10.9. The lowest BCUT2D eigenvalue weighted by atomic mass is 10.0. The maximum absolute atomic E-state index is 12.2. The Balaban J connectivity index is 3.10. The summed E-state index contributed by atoms with van der Waals surface area (Å²) in [5.74, 6) is 0. The van der Waals surface area contributed by atoms with Crippen LogP contribution in [0.1, 0.15) is 11.1 Å². The van der Waals surface area contributed by atoms with Gasteiger partial charge in [0.25, 0.3) is 0 Å². The van der Waals surface area contributed by atoms with Crippen LogP contribution in [0.5, 0.6) is 0 Å². The van der Waals surface area contributed by atoms with Crippen molar-refractivity contribution in [2.75, 3.05) is 6.67 Å². The van der Waals surface area contributed by atoms with Gasteiger partial charge in [-0.05, 0) is 17.2 Å². The van der Waals surface area contributed by atoms with Gasteiger partial charge in [-0.25, -0.2) is 0 Å². The fourth-order valence-electron chi connectivity index (χ4n) is 1.25. The Morgan fingerprint density at radius 2 is 1.93 bits per heavy atom. The first-order chi connectivity index (χ1) is 7.31. The van der Waals surface area contributed by atoms with Crippen LogP contribution < -0.4 is 0 Å². The highest BCUT2D eigenvalue weighted by molar-refractivity contribution is 5.64. The predicted octanol–water partition coefficient (Wildman–Crippen LogP) is 2.63. The molecule has 0 aliphatic rings. The van der Waals surface area contributed by atoms with Crippen molar-refractivity contribution in [3.8, 4) is 12.1 Å². The Kier molecular flexibility index (Phi) is 4.06. The van der Waals surface area contributed by atoms with Crippen molar-refractivity contribution in [3.05, 3.63) is 41.0 Å². The Hall–Kier alpha value is -2.13. The lowest BCUT2D eigenvalue weighted by Gasteiger charge is -2.02. The van der Waals surface area contributed by atoms with E-state index >= 15 is 0 Å². The van der Waals surface area contributed by atoms with Crippen molar-refractivity contribution in [3.63, 3.8) is 0 Å². The molecular formula is C12H9FN2. The first-order valence-electron chi connectivity index (χ1n) is 4.47. The summed E-state index contributed by atoms with van der Waals surface area (Å²) in [6.07, 6.45) is 1.78. The number of halogens is 1. The summed E-state index contributed by atoms with van der Waals surface area (Å²) in [5, 5.41) is 17.2. The van der Waals surface area contributed by atoms with Crippen LogP contribution >= 0.6 is 0 Å². The lowest BCUT2D eigenvalue weighted by Crippen LogP contribution is -1.91. The summed E-state index contributed by atoms with van der Waals surface area (Å²) in [4.78, 5) is 0. The Morgan fingerprint density at radius 1 is 1.27 bits per heavy atom. The third-order valence-electron chi connectivity index (χ3n) is 1.96. The average Bonchev–Trinajstić information content (AvgIpc) is 2.28. The van der Waals surface area contributed by atoms with E-state index in [9.17, 15) is 4.39 Å². The van der Waals surface area contributed by atoms with Crippen LogP contribution in [0, 0.1) is 22.7 Å². The molecule has 0 unspecified atom stereocenters. The van der Waals surface area contributed by atoms with Gasteiger partial charge in [-0.2, -0.15) is 10.5 Å². The van der Waals surface area contributed by atoms with Gasteiger partial charge in [0, 0.05) is 6.42 Å². The number of hydrogen-bond donors (Lipinski definition) is 0. The fraction of sp³-hybridized carbons (Fsp3) is 0.167. The normalized spacial score (nSPS) is 8.73. The molecule has 0 atom stereocenters. The third kappa shape index (κ3) is 2.93. The molecule has 0 amide bonds. The van der Waals surface area contributed by atoms with Gasteiger partial charge in [-0.1, -0.05) is 24.3 Å². The second-order valence-corrected chi connectivity index (χ2v) is 2.92. The summed E-state index contributed by atoms with van der Waals surface area (Å²) in [7, 11) is 0.